The fraction of sp³-hybridized carbons (Fsp3) is 0.444. The second-order valence-corrected chi connectivity index (χ2v) is 3.39. The van der Waals surface area contributed by atoms with E-state index in [1.165, 1.54) is 10.9 Å². The number of aromatic nitrogens is 2. The maximum atomic E-state index is 11.5. The van der Waals surface area contributed by atoms with Gasteiger partial charge in [-0.25, -0.2) is 0 Å². The lowest BCUT2D eigenvalue weighted by Crippen LogP contribution is -2.35. The Bertz CT molecular complexity index is 387. The molecule has 16 heavy (non-hydrogen) atoms. The summed E-state index contributed by atoms with van der Waals surface area (Å²) in [5, 5.41) is 9.34. The predicted octanol–water partition coefficient (Wildman–Crippen LogP) is -1.09. The van der Waals surface area contributed by atoms with E-state index in [1.54, 1.807) is 20.2 Å². The largest absolute Gasteiger partial charge is 0.368 e. The van der Waals surface area contributed by atoms with Gasteiger partial charge in [0, 0.05) is 6.20 Å². The lowest BCUT2D eigenvalue weighted by Gasteiger charge is -2.08. The monoisotopic (exact) mass is 225 g/mol. The highest BCUT2D eigenvalue weighted by Gasteiger charge is 2.11. The Morgan fingerprint density at radius 1 is 1.62 bits per heavy atom. The molecule has 0 aliphatic rings. The molecule has 88 valence electrons. The summed E-state index contributed by atoms with van der Waals surface area (Å²) >= 11 is 0. The van der Waals surface area contributed by atoms with Crippen molar-refractivity contribution < 1.29 is 9.59 Å². The number of amides is 2. The van der Waals surface area contributed by atoms with Crippen LogP contribution in [0.3, 0.4) is 0 Å². The zero-order valence-electron chi connectivity index (χ0n) is 9.23. The molecule has 2 amide bonds. The normalized spacial score (nSPS) is 12.1. The van der Waals surface area contributed by atoms with Crippen molar-refractivity contribution in [3.05, 3.63) is 12.4 Å². The van der Waals surface area contributed by atoms with E-state index in [0.29, 0.717) is 5.69 Å². The van der Waals surface area contributed by atoms with Gasteiger partial charge in [-0.1, -0.05) is 0 Å². The van der Waals surface area contributed by atoms with Crippen LogP contribution >= 0.6 is 0 Å². The van der Waals surface area contributed by atoms with Crippen LogP contribution in [0, 0.1) is 0 Å². The van der Waals surface area contributed by atoms with Gasteiger partial charge in [0.15, 0.2) is 0 Å². The number of carbonyl (C=O) groups excluding carboxylic acids is 2. The molecule has 1 unspecified atom stereocenters. The van der Waals surface area contributed by atoms with Crippen molar-refractivity contribution in [2.45, 2.75) is 19.5 Å². The molecule has 1 aromatic rings. The van der Waals surface area contributed by atoms with Gasteiger partial charge in [-0.2, -0.15) is 5.10 Å². The molecule has 0 aliphatic heterocycles. The van der Waals surface area contributed by atoms with Crippen molar-refractivity contribution in [2.24, 2.45) is 5.73 Å². The summed E-state index contributed by atoms with van der Waals surface area (Å²) in [6.07, 6.45) is 3.01. The summed E-state index contributed by atoms with van der Waals surface area (Å²) in [7, 11) is 1.70. The van der Waals surface area contributed by atoms with E-state index >= 15 is 0 Å². The van der Waals surface area contributed by atoms with Crippen LogP contribution in [0.5, 0.6) is 0 Å². The Kier molecular flexibility index (Phi) is 4.01. The summed E-state index contributed by atoms with van der Waals surface area (Å²) in [5.74, 6) is -0.648. The Labute approximate surface area is 93.0 Å². The van der Waals surface area contributed by atoms with Crippen LogP contribution in [0.1, 0.15) is 6.92 Å². The van der Waals surface area contributed by atoms with Crippen molar-refractivity contribution in [2.75, 3.05) is 12.4 Å². The molecule has 4 N–H and O–H groups in total. The van der Waals surface area contributed by atoms with Crippen LogP contribution in [-0.4, -0.2) is 34.7 Å². The molecule has 0 fully saturated rings. The van der Waals surface area contributed by atoms with Gasteiger partial charge in [0.2, 0.25) is 11.8 Å². The van der Waals surface area contributed by atoms with Gasteiger partial charge in [0.05, 0.1) is 17.9 Å². The minimum absolute atomic E-state index is 0.00253. The Hall–Kier alpha value is -1.89. The summed E-state index contributed by atoms with van der Waals surface area (Å²) in [6.45, 7) is 1.74. The highest BCUT2D eigenvalue weighted by molar-refractivity contribution is 5.94. The molecule has 1 heterocycles. The number of nitrogens with one attached hydrogen (secondary N) is 2. The lowest BCUT2D eigenvalue weighted by atomic mass is 10.3. The molecular formula is C9H15N5O2. The van der Waals surface area contributed by atoms with Gasteiger partial charge >= 0.3 is 0 Å². The second kappa shape index (κ2) is 5.26. The molecule has 0 spiro atoms. The molecule has 0 radical (unpaired) electrons. The number of anilines is 1. The minimum atomic E-state index is -0.482. The quantitative estimate of drug-likeness (QED) is 0.592. The zero-order chi connectivity index (χ0) is 12.1. The standard InChI is InChI=1S/C9H15N5O2/c1-6(11-2)9(16)13-7-3-12-14(4-7)5-8(10)15/h3-4,6,11H,5H2,1-2H3,(H2,10,15)(H,13,16). The number of hydrogen-bond donors (Lipinski definition) is 3. The smallest absolute Gasteiger partial charge is 0.241 e. The molecule has 0 bridgehead atoms. The SMILES string of the molecule is CNC(C)C(=O)Nc1cnn(CC(N)=O)c1. The lowest BCUT2D eigenvalue weighted by molar-refractivity contribution is -0.119. The van der Waals surface area contributed by atoms with Crippen molar-refractivity contribution >= 4 is 17.5 Å². The average Bonchev–Trinajstić information content (AvgIpc) is 2.63. The van der Waals surface area contributed by atoms with Crippen molar-refractivity contribution in [3.8, 4) is 0 Å². The Morgan fingerprint density at radius 3 is 2.88 bits per heavy atom. The summed E-state index contributed by atoms with van der Waals surface area (Å²) in [6, 6.07) is -0.292. The first-order chi connectivity index (χ1) is 7.52. The second-order valence-electron chi connectivity index (χ2n) is 3.39. The van der Waals surface area contributed by atoms with E-state index in [2.05, 4.69) is 15.7 Å². The van der Waals surface area contributed by atoms with E-state index in [0.717, 1.165) is 0 Å². The maximum absolute atomic E-state index is 11.5. The minimum Gasteiger partial charge on any atom is -0.368 e. The number of likely N-dealkylation sites (N-methyl/N-ethyl adjacent to an activating group) is 1. The number of nitrogens with two attached hydrogens (primary N) is 1. The van der Waals surface area contributed by atoms with Crippen molar-refractivity contribution in [1.29, 1.82) is 0 Å². The topological polar surface area (TPSA) is 102 Å². The van der Waals surface area contributed by atoms with Crippen molar-refractivity contribution in [1.82, 2.24) is 15.1 Å². The van der Waals surface area contributed by atoms with Crippen LogP contribution in [0.2, 0.25) is 0 Å². The molecule has 1 aromatic heterocycles. The summed E-state index contributed by atoms with van der Waals surface area (Å²) in [4.78, 5) is 22.1. The highest BCUT2D eigenvalue weighted by atomic mass is 16.2. The van der Waals surface area contributed by atoms with E-state index in [4.69, 9.17) is 5.73 Å². The molecule has 1 atom stereocenters. The number of primary amides is 1. The third kappa shape index (κ3) is 3.35. The molecule has 7 nitrogen and oxygen atoms in total. The number of hydrogen-bond acceptors (Lipinski definition) is 4. The average molecular weight is 225 g/mol. The first kappa shape index (κ1) is 12.2. The highest BCUT2D eigenvalue weighted by Crippen LogP contribution is 2.04. The zero-order valence-corrected chi connectivity index (χ0v) is 9.23. The van der Waals surface area contributed by atoms with Crippen LogP contribution < -0.4 is 16.4 Å². The van der Waals surface area contributed by atoms with Crippen molar-refractivity contribution in [3.63, 3.8) is 0 Å². The predicted molar refractivity (Wildman–Crippen MR) is 58.6 cm³/mol. The first-order valence-corrected chi connectivity index (χ1v) is 4.82. The fourth-order valence-electron chi connectivity index (χ4n) is 1.06. The van der Waals surface area contributed by atoms with Gasteiger partial charge < -0.3 is 16.4 Å². The molecule has 0 saturated carbocycles. The van der Waals surface area contributed by atoms with Crippen LogP contribution in [0.15, 0.2) is 12.4 Å². The van der Waals surface area contributed by atoms with Gasteiger partial charge in [-0.05, 0) is 14.0 Å². The molecule has 7 heteroatoms. The van der Waals surface area contributed by atoms with Gasteiger partial charge in [0.1, 0.15) is 6.54 Å². The Morgan fingerprint density at radius 2 is 2.31 bits per heavy atom. The molecule has 0 saturated heterocycles. The first-order valence-electron chi connectivity index (χ1n) is 4.82. The van der Waals surface area contributed by atoms with E-state index in [1.807, 2.05) is 0 Å². The number of carbonyl (C=O) groups is 2. The number of rotatable bonds is 5. The molecule has 0 aromatic carbocycles. The molecule has 0 aliphatic carbocycles. The van der Waals surface area contributed by atoms with E-state index in [9.17, 15) is 9.59 Å². The van der Waals surface area contributed by atoms with Crippen LogP contribution in [-0.2, 0) is 16.1 Å². The third-order valence-corrected chi connectivity index (χ3v) is 2.04. The third-order valence-electron chi connectivity index (χ3n) is 2.04. The Balaban J connectivity index is 2.58. The van der Waals surface area contributed by atoms with E-state index in [-0.39, 0.29) is 18.5 Å². The van der Waals surface area contributed by atoms with Gasteiger partial charge in [-0.15, -0.1) is 0 Å². The summed E-state index contributed by atoms with van der Waals surface area (Å²) in [5.41, 5.74) is 5.54. The van der Waals surface area contributed by atoms with Gasteiger partial charge in [-0.3, -0.25) is 14.3 Å². The summed E-state index contributed by atoms with van der Waals surface area (Å²) < 4.78 is 1.36. The molecular weight excluding hydrogens is 210 g/mol. The van der Waals surface area contributed by atoms with E-state index < -0.39 is 5.91 Å². The maximum Gasteiger partial charge on any atom is 0.241 e. The molecule has 1 rings (SSSR count). The van der Waals surface area contributed by atoms with Crippen LogP contribution in [0.25, 0.3) is 0 Å². The van der Waals surface area contributed by atoms with Crippen LogP contribution in [0.4, 0.5) is 5.69 Å². The van der Waals surface area contributed by atoms with Gasteiger partial charge in [0.25, 0.3) is 0 Å². The number of nitrogens with zero attached hydrogens (tertiary/aromatic N) is 2. The fourth-order valence-corrected chi connectivity index (χ4v) is 1.06.